The molecule has 1 amide bonds. The van der Waals surface area contributed by atoms with Gasteiger partial charge in [-0.3, -0.25) is 4.79 Å². The maximum atomic E-state index is 11.0. The number of hydrogen-bond acceptors (Lipinski definition) is 1. The molecule has 0 saturated heterocycles. The molecule has 1 N–H and O–H groups in total. The van der Waals surface area contributed by atoms with Gasteiger partial charge in [-0.1, -0.05) is 44.2 Å². The average Bonchev–Trinajstić information content (AvgIpc) is 2.36. The van der Waals surface area contributed by atoms with Crippen LogP contribution in [0.2, 0.25) is 0 Å². The van der Waals surface area contributed by atoms with E-state index in [-0.39, 0.29) is 5.91 Å². The maximum absolute atomic E-state index is 11.0. The van der Waals surface area contributed by atoms with E-state index < -0.39 is 0 Å². The highest BCUT2D eigenvalue weighted by Gasteiger charge is 1.92. The number of benzene rings is 1. The monoisotopic (exact) mass is 229 g/mol. The van der Waals surface area contributed by atoms with Gasteiger partial charge in [-0.25, -0.2) is 0 Å². The van der Waals surface area contributed by atoms with Gasteiger partial charge in [-0.15, -0.1) is 0 Å². The third-order valence-corrected chi connectivity index (χ3v) is 2.42. The zero-order valence-corrected chi connectivity index (χ0v) is 10.5. The summed E-state index contributed by atoms with van der Waals surface area (Å²) < 4.78 is 0. The van der Waals surface area contributed by atoms with E-state index in [9.17, 15) is 4.79 Å². The zero-order valence-electron chi connectivity index (χ0n) is 10.5. The van der Waals surface area contributed by atoms with E-state index in [0.717, 1.165) is 18.4 Å². The summed E-state index contributed by atoms with van der Waals surface area (Å²) in [5.41, 5.74) is 2.34. The topological polar surface area (TPSA) is 29.1 Å². The van der Waals surface area contributed by atoms with E-state index in [0.29, 0.717) is 13.0 Å². The lowest BCUT2D eigenvalue weighted by molar-refractivity contribution is -0.120. The van der Waals surface area contributed by atoms with E-state index in [1.165, 1.54) is 5.56 Å². The first kappa shape index (κ1) is 13.3. The van der Waals surface area contributed by atoms with Crippen LogP contribution in [0.1, 0.15) is 37.8 Å². The van der Waals surface area contributed by atoms with Crippen molar-refractivity contribution in [2.24, 2.45) is 0 Å². The van der Waals surface area contributed by atoms with Crippen molar-refractivity contribution >= 4 is 5.91 Å². The summed E-state index contributed by atoms with van der Waals surface area (Å²) in [5.74, 6) is 6.00. The Hall–Kier alpha value is -1.75. The average molecular weight is 229 g/mol. The first-order chi connectivity index (χ1) is 8.26. The summed E-state index contributed by atoms with van der Waals surface area (Å²) in [7, 11) is 0. The summed E-state index contributed by atoms with van der Waals surface area (Å²) in [4.78, 5) is 11.0. The van der Waals surface area contributed by atoms with Crippen LogP contribution in [0, 0.1) is 11.8 Å². The fourth-order valence-electron chi connectivity index (χ4n) is 1.46. The molecule has 0 bridgehead atoms. The van der Waals surface area contributed by atoms with Crippen molar-refractivity contribution in [3.05, 3.63) is 35.4 Å². The molecule has 17 heavy (non-hydrogen) atoms. The van der Waals surface area contributed by atoms with E-state index in [1.807, 2.05) is 19.1 Å². The molecular formula is C15H19NO. The number of hydrogen-bond donors (Lipinski definition) is 1. The predicted molar refractivity (Wildman–Crippen MR) is 70.6 cm³/mol. The number of carbonyl (C=O) groups is 1. The van der Waals surface area contributed by atoms with Crippen molar-refractivity contribution in [2.45, 2.75) is 33.1 Å². The van der Waals surface area contributed by atoms with Crippen molar-refractivity contribution in [1.82, 2.24) is 5.32 Å². The third-order valence-electron chi connectivity index (χ3n) is 2.42. The van der Waals surface area contributed by atoms with Crippen LogP contribution in [0.15, 0.2) is 24.3 Å². The van der Waals surface area contributed by atoms with Gasteiger partial charge in [0, 0.05) is 12.0 Å². The summed E-state index contributed by atoms with van der Waals surface area (Å²) in [6.07, 6.45) is 2.78. The molecule has 0 aliphatic heterocycles. The van der Waals surface area contributed by atoms with E-state index in [2.05, 4.69) is 36.2 Å². The van der Waals surface area contributed by atoms with Gasteiger partial charge in [0.1, 0.15) is 0 Å². The molecule has 0 aliphatic carbocycles. The highest BCUT2D eigenvalue weighted by molar-refractivity contribution is 5.75. The normalized spacial score (nSPS) is 9.29. The first-order valence-corrected chi connectivity index (χ1v) is 6.10. The Bertz CT molecular complexity index is 409. The first-order valence-electron chi connectivity index (χ1n) is 6.10. The van der Waals surface area contributed by atoms with Crippen molar-refractivity contribution in [3.63, 3.8) is 0 Å². The molecule has 0 radical (unpaired) electrons. The van der Waals surface area contributed by atoms with Crippen LogP contribution in [-0.4, -0.2) is 12.5 Å². The predicted octanol–water partition coefficient (Wildman–Crippen LogP) is 2.52. The van der Waals surface area contributed by atoms with Crippen LogP contribution < -0.4 is 5.32 Å². The minimum Gasteiger partial charge on any atom is -0.345 e. The van der Waals surface area contributed by atoms with Crippen LogP contribution in [0.3, 0.4) is 0 Å². The molecule has 0 unspecified atom stereocenters. The molecule has 0 spiro atoms. The smallest absolute Gasteiger partial charge is 0.220 e. The maximum Gasteiger partial charge on any atom is 0.220 e. The number of carbonyl (C=O) groups excluding carboxylic acids is 1. The van der Waals surface area contributed by atoms with E-state index in [1.54, 1.807) is 0 Å². The van der Waals surface area contributed by atoms with Crippen LogP contribution in [0.25, 0.3) is 0 Å². The quantitative estimate of drug-likeness (QED) is 0.790. The Labute approximate surface area is 103 Å². The Morgan fingerprint density at radius 2 is 1.94 bits per heavy atom. The molecule has 0 heterocycles. The summed E-state index contributed by atoms with van der Waals surface area (Å²) in [6.45, 7) is 4.42. The van der Waals surface area contributed by atoms with Crippen molar-refractivity contribution in [1.29, 1.82) is 0 Å². The second-order valence-corrected chi connectivity index (χ2v) is 3.88. The standard InChI is InChI=1S/C15H19NO/c1-3-6-13-8-10-14(11-9-13)7-5-12-16-15(17)4-2/h8-11H,3-4,6,12H2,1-2H3,(H,16,17). The number of nitrogens with one attached hydrogen (secondary N) is 1. The van der Waals surface area contributed by atoms with Gasteiger partial charge in [-0.2, -0.15) is 0 Å². The fourth-order valence-corrected chi connectivity index (χ4v) is 1.46. The molecule has 1 aromatic carbocycles. The second-order valence-electron chi connectivity index (χ2n) is 3.88. The summed E-state index contributed by atoms with van der Waals surface area (Å²) in [5, 5.41) is 2.72. The highest BCUT2D eigenvalue weighted by Crippen LogP contribution is 2.05. The van der Waals surface area contributed by atoms with Crippen LogP contribution >= 0.6 is 0 Å². The largest absolute Gasteiger partial charge is 0.345 e. The zero-order chi connectivity index (χ0) is 12.5. The van der Waals surface area contributed by atoms with Gasteiger partial charge in [-0.05, 0) is 24.1 Å². The summed E-state index contributed by atoms with van der Waals surface area (Å²) >= 11 is 0. The minimum absolute atomic E-state index is 0.0394. The molecule has 0 aliphatic rings. The lowest BCUT2D eigenvalue weighted by atomic mass is 10.1. The van der Waals surface area contributed by atoms with Gasteiger partial charge in [0.2, 0.25) is 5.91 Å². The lowest BCUT2D eigenvalue weighted by Crippen LogP contribution is -2.22. The molecular weight excluding hydrogens is 210 g/mol. The van der Waals surface area contributed by atoms with Crippen molar-refractivity contribution in [2.75, 3.05) is 6.54 Å². The van der Waals surface area contributed by atoms with Gasteiger partial charge in [0.15, 0.2) is 0 Å². The molecule has 0 atom stereocenters. The van der Waals surface area contributed by atoms with Gasteiger partial charge < -0.3 is 5.32 Å². The molecule has 2 nitrogen and oxygen atoms in total. The Kier molecular flexibility index (Phi) is 5.88. The molecule has 0 aromatic heterocycles. The van der Waals surface area contributed by atoms with Crippen LogP contribution in [0.4, 0.5) is 0 Å². The minimum atomic E-state index is 0.0394. The molecule has 0 fully saturated rings. The van der Waals surface area contributed by atoms with Gasteiger partial charge in [0.25, 0.3) is 0 Å². The van der Waals surface area contributed by atoms with Crippen molar-refractivity contribution < 1.29 is 4.79 Å². The third kappa shape index (κ3) is 5.21. The molecule has 1 aromatic rings. The Balaban J connectivity index is 2.46. The number of aryl methyl sites for hydroxylation is 1. The van der Waals surface area contributed by atoms with Crippen LogP contribution in [0.5, 0.6) is 0 Å². The molecule has 0 saturated carbocycles. The van der Waals surface area contributed by atoms with E-state index >= 15 is 0 Å². The fraction of sp³-hybridized carbons (Fsp3) is 0.400. The molecule has 2 heteroatoms. The summed E-state index contributed by atoms with van der Waals surface area (Å²) in [6, 6.07) is 8.27. The highest BCUT2D eigenvalue weighted by atomic mass is 16.1. The van der Waals surface area contributed by atoms with Gasteiger partial charge in [0.05, 0.1) is 6.54 Å². The number of amides is 1. The molecule has 90 valence electrons. The SMILES string of the molecule is CCCc1ccc(C#CCNC(=O)CC)cc1. The molecule has 1 rings (SSSR count). The van der Waals surface area contributed by atoms with E-state index in [4.69, 9.17) is 0 Å². The van der Waals surface area contributed by atoms with Crippen molar-refractivity contribution in [3.8, 4) is 11.8 Å². The Morgan fingerprint density at radius 3 is 2.53 bits per heavy atom. The Morgan fingerprint density at radius 1 is 1.24 bits per heavy atom. The second kappa shape index (κ2) is 7.51. The van der Waals surface area contributed by atoms with Gasteiger partial charge >= 0.3 is 0 Å². The lowest BCUT2D eigenvalue weighted by Gasteiger charge is -1.98. The number of rotatable bonds is 4. The van der Waals surface area contributed by atoms with Crippen LogP contribution in [-0.2, 0) is 11.2 Å².